The molecule has 4 rings (SSSR count). The Labute approximate surface area is 217 Å². The Morgan fingerprint density at radius 2 is 1.68 bits per heavy atom. The van der Waals surface area contributed by atoms with Gasteiger partial charge >= 0.3 is 12.2 Å². The van der Waals surface area contributed by atoms with Crippen molar-refractivity contribution in [3.63, 3.8) is 0 Å². The van der Waals surface area contributed by atoms with Crippen LogP contribution < -0.4 is 15.5 Å². The molecule has 8 nitrogen and oxygen atoms in total. The molecule has 0 bridgehead atoms. The molecule has 2 aromatic carbocycles. The van der Waals surface area contributed by atoms with Crippen molar-refractivity contribution in [1.82, 2.24) is 10.2 Å². The lowest BCUT2D eigenvalue weighted by atomic mass is 9.86. The number of amides is 2. The van der Waals surface area contributed by atoms with Crippen LogP contribution in [0.2, 0.25) is 5.02 Å². The van der Waals surface area contributed by atoms with Crippen molar-refractivity contribution in [2.75, 3.05) is 42.9 Å². The Bertz CT molecular complexity index is 1100. The first-order valence-corrected chi connectivity index (χ1v) is 12.6. The summed E-state index contributed by atoms with van der Waals surface area (Å²) in [7, 11) is 0. The fourth-order valence-corrected chi connectivity index (χ4v) is 5.05. The molecule has 12 heteroatoms. The topological polar surface area (TPSA) is 90.7 Å². The van der Waals surface area contributed by atoms with Crippen molar-refractivity contribution in [2.24, 2.45) is 5.92 Å². The molecule has 2 amide bonds. The number of halogens is 4. The molecule has 0 atom stereocenters. The van der Waals surface area contributed by atoms with Crippen LogP contribution in [0.5, 0.6) is 0 Å². The molecular formula is C25H29ClF3N5O3. The van der Waals surface area contributed by atoms with Crippen LogP contribution in [0.25, 0.3) is 0 Å². The average Bonchev–Trinajstić information content (AvgIpc) is 2.88. The first kappa shape index (κ1) is 26.8. The monoisotopic (exact) mass is 539 g/mol. The van der Waals surface area contributed by atoms with Gasteiger partial charge in [-0.1, -0.05) is 11.6 Å². The van der Waals surface area contributed by atoms with E-state index in [1.54, 1.807) is 0 Å². The van der Waals surface area contributed by atoms with E-state index in [1.165, 1.54) is 6.07 Å². The van der Waals surface area contributed by atoms with Gasteiger partial charge in [0.25, 0.3) is 5.69 Å². The predicted molar refractivity (Wildman–Crippen MR) is 136 cm³/mol. The number of urea groups is 1. The lowest BCUT2D eigenvalue weighted by Crippen LogP contribution is -2.52. The van der Waals surface area contributed by atoms with E-state index in [0.717, 1.165) is 56.6 Å². The van der Waals surface area contributed by atoms with Crippen molar-refractivity contribution >= 4 is 34.7 Å². The van der Waals surface area contributed by atoms with Gasteiger partial charge < -0.3 is 20.4 Å². The summed E-state index contributed by atoms with van der Waals surface area (Å²) in [5, 5.41) is 17.8. The van der Waals surface area contributed by atoms with E-state index in [0.29, 0.717) is 30.6 Å². The van der Waals surface area contributed by atoms with E-state index in [1.807, 2.05) is 29.2 Å². The Balaban J connectivity index is 1.20. The number of rotatable bonds is 6. The minimum absolute atomic E-state index is 0.0320. The maximum atomic E-state index is 13.2. The SMILES string of the molecule is O=C(NCC1CCC(Nc2ccc([N+](=O)[O-])c(C(F)(F)F)c2)CC1)N1CCN(c2ccc(Cl)cc2)CC1. The molecule has 1 heterocycles. The number of nitrogens with one attached hydrogen (secondary N) is 2. The van der Waals surface area contributed by atoms with Gasteiger partial charge in [0.05, 0.1) is 4.92 Å². The molecular weight excluding hydrogens is 511 g/mol. The quantitative estimate of drug-likeness (QED) is 0.359. The number of benzene rings is 2. The zero-order valence-electron chi connectivity index (χ0n) is 20.1. The maximum absolute atomic E-state index is 13.2. The van der Waals surface area contributed by atoms with Gasteiger partial charge in [0, 0.05) is 61.2 Å². The van der Waals surface area contributed by atoms with Gasteiger partial charge in [-0.05, 0) is 68.0 Å². The van der Waals surface area contributed by atoms with Crippen molar-refractivity contribution in [3.05, 3.63) is 63.2 Å². The Morgan fingerprint density at radius 3 is 2.27 bits per heavy atom. The van der Waals surface area contributed by atoms with E-state index in [9.17, 15) is 28.1 Å². The van der Waals surface area contributed by atoms with Crippen molar-refractivity contribution in [2.45, 2.75) is 37.9 Å². The molecule has 37 heavy (non-hydrogen) atoms. The van der Waals surface area contributed by atoms with Gasteiger partial charge in [0.2, 0.25) is 0 Å². The molecule has 0 unspecified atom stereocenters. The fourth-order valence-electron chi connectivity index (χ4n) is 4.92. The molecule has 2 aromatic rings. The summed E-state index contributed by atoms with van der Waals surface area (Å²) in [6, 6.07) is 10.5. The number of carbonyl (C=O) groups is 1. The van der Waals surface area contributed by atoms with Gasteiger partial charge in [0.15, 0.2) is 0 Å². The summed E-state index contributed by atoms with van der Waals surface area (Å²) in [5.74, 6) is 0.292. The molecule has 0 spiro atoms. The summed E-state index contributed by atoms with van der Waals surface area (Å²) in [5.41, 5.74) is -0.914. The molecule has 1 saturated heterocycles. The Hall–Kier alpha value is -3.21. The van der Waals surface area contributed by atoms with Gasteiger partial charge in [0.1, 0.15) is 5.56 Å². The van der Waals surface area contributed by atoms with Crippen LogP contribution in [0, 0.1) is 16.0 Å². The largest absolute Gasteiger partial charge is 0.423 e. The number of hydrogen-bond acceptors (Lipinski definition) is 5. The lowest BCUT2D eigenvalue weighted by Gasteiger charge is -2.36. The van der Waals surface area contributed by atoms with E-state index in [2.05, 4.69) is 15.5 Å². The molecule has 2 fully saturated rings. The van der Waals surface area contributed by atoms with Crippen LogP contribution in [0.15, 0.2) is 42.5 Å². The second-order valence-electron chi connectivity index (χ2n) is 9.49. The smallest absolute Gasteiger partial charge is 0.382 e. The number of hydrogen-bond donors (Lipinski definition) is 2. The molecule has 2 aliphatic rings. The fraction of sp³-hybridized carbons (Fsp3) is 0.480. The molecule has 0 radical (unpaired) electrons. The third-order valence-corrected chi connectivity index (χ3v) is 7.27. The molecule has 1 aliphatic heterocycles. The summed E-state index contributed by atoms with van der Waals surface area (Å²) in [6.07, 6.45) is -1.70. The van der Waals surface area contributed by atoms with E-state index >= 15 is 0 Å². The van der Waals surface area contributed by atoms with Crippen LogP contribution in [0.3, 0.4) is 0 Å². The summed E-state index contributed by atoms with van der Waals surface area (Å²) >= 11 is 5.95. The highest BCUT2D eigenvalue weighted by molar-refractivity contribution is 6.30. The second kappa shape index (κ2) is 11.5. The summed E-state index contributed by atoms with van der Waals surface area (Å²) < 4.78 is 39.7. The molecule has 1 aliphatic carbocycles. The number of carbonyl (C=O) groups excluding carboxylic acids is 1. The van der Waals surface area contributed by atoms with Gasteiger partial charge in [-0.15, -0.1) is 0 Å². The van der Waals surface area contributed by atoms with Crippen LogP contribution in [-0.4, -0.2) is 54.6 Å². The van der Waals surface area contributed by atoms with E-state index in [4.69, 9.17) is 11.6 Å². The minimum Gasteiger partial charge on any atom is -0.382 e. The zero-order chi connectivity index (χ0) is 26.6. The summed E-state index contributed by atoms with van der Waals surface area (Å²) in [6.45, 7) is 3.29. The van der Waals surface area contributed by atoms with Crippen LogP contribution >= 0.6 is 11.6 Å². The van der Waals surface area contributed by atoms with Crippen LogP contribution in [0.1, 0.15) is 31.2 Å². The minimum atomic E-state index is -4.81. The predicted octanol–water partition coefficient (Wildman–Crippen LogP) is 5.77. The Kier molecular flexibility index (Phi) is 8.31. The van der Waals surface area contributed by atoms with Gasteiger partial charge in [-0.2, -0.15) is 13.2 Å². The molecule has 1 saturated carbocycles. The first-order chi connectivity index (χ1) is 17.6. The number of nitrogens with zero attached hydrogens (tertiary/aromatic N) is 3. The number of alkyl halides is 3. The number of anilines is 2. The van der Waals surface area contributed by atoms with Crippen LogP contribution in [0.4, 0.5) is 35.0 Å². The highest BCUT2D eigenvalue weighted by Crippen LogP contribution is 2.38. The molecule has 200 valence electrons. The van der Waals surface area contributed by atoms with Crippen LogP contribution in [-0.2, 0) is 6.18 Å². The summed E-state index contributed by atoms with van der Waals surface area (Å²) in [4.78, 5) is 26.6. The highest BCUT2D eigenvalue weighted by atomic mass is 35.5. The van der Waals surface area contributed by atoms with Crippen molar-refractivity contribution in [1.29, 1.82) is 0 Å². The Morgan fingerprint density at radius 1 is 1.03 bits per heavy atom. The third-order valence-electron chi connectivity index (χ3n) is 7.02. The van der Waals surface area contributed by atoms with Gasteiger partial charge in [-0.25, -0.2) is 4.79 Å². The number of nitro groups is 1. The second-order valence-corrected chi connectivity index (χ2v) is 9.92. The van der Waals surface area contributed by atoms with E-state index in [-0.39, 0.29) is 17.8 Å². The zero-order valence-corrected chi connectivity index (χ0v) is 20.9. The number of nitro benzene ring substituents is 1. The van der Waals surface area contributed by atoms with E-state index < -0.39 is 22.4 Å². The first-order valence-electron chi connectivity index (χ1n) is 12.3. The highest BCUT2D eigenvalue weighted by Gasteiger charge is 2.38. The maximum Gasteiger partial charge on any atom is 0.423 e. The average molecular weight is 540 g/mol. The number of piperazine rings is 1. The van der Waals surface area contributed by atoms with Gasteiger partial charge in [-0.3, -0.25) is 10.1 Å². The third kappa shape index (κ3) is 6.97. The van der Waals surface area contributed by atoms with Crippen molar-refractivity contribution < 1.29 is 22.9 Å². The lowest BCUT2D eigenvalue weighted by molar-refractivity contribution is -0.388. The molecule has 0 aromatic heterocycles. The molecule has 2 N–H and O–H groups in total. The standard InChI is InChI=1S/C25H29ClF3N5O3/c26-18-3-8-21(9-4-18)32-11-13-33(14-12-32)24(35)30-16-17-1-5-19(6-2-17)31-20-7-10-23(34(36)37)22(15-20)25(27,28)29/h3-4,7-10,15,17,19,31H,1-2,5-6,11-14,16H2,(H,30,35). The normalized spacial score (nSPS) is 20.4. The van der Waals surface area contributed by atoms with Crippen molar-refractivity contribution in [3.8, 4) is 0 Å².